The highest BCUT2D eigenvalue weighted by atomic mass is 16.2. The Morgan fingerprint density at radius 3 is 2.17 bits per heavy atom. The van der Waals surface area contributed by atoms with Crippen molar-refractivity contribution in [2.45, 2.75) is 64.6 Å². The van der Waals surface area contributed by atoms with Crippen LogP contribution in [0.2, 0.25) is 0 Å². The van der Waals surface area contributed by atoms with Crippen LogP contribution in [-0.2, 0) is 4.79 Å². The topological polar surface area (TPSA) is 44.4 Å². The second-order valence-corrected chi connectivity index (χ2v) is 6.76. The van der Waals surface area contributed by atoms with Gasteiger partial charge in [0, 0.05) is 24.2 Å². The lowest BCUT2D eigenvalue weighted by Gasteiger charge is -2.41. The molecule has 0 saturated carbocycles. The minimum atomic E-state index is -0.152. The molecule has 1 aliphatic heterocycles. The SMILES string of the molecule is CNC1(C)CCN(C(C)C(=O)NC(C)(C)C)CC1. The highest BCUT2D eigenvalue weighted by Crippen LogP contribution is 2.22. The maximum Gasteiger partial charge on any atom is 0.237 e. The molecule has 1 amide bonds. The second kappa shape index (κ2) is 5.57. The first kappa shape index (κ1) is 15.4. The van der Waals surface area contributed by atoms with Gasteiger partial charge in [0.15, 0.2) is 0 Å². The lowest BCUT2D eigenvalue weighted by Crippen LogP contribution is -2.56. The van der Waals surface area contributed by atoms with Crippen molar-refractivity contribution in [3.05, 3.63) is 0 Å². The Hall–Kier alpha value is -0.610. The van der Waals surface area contributed by atoms with Gasteiger partial charge in [0.05, 0.1) is 6.04 Å². The molecule has 106 valence electrons. The van der Waals surface area contributed by atoms with Crippen LogP contribution in [0.25, 0.3) is 0 Å². The largest absolute Gasteiger partial charge is 0.350 e. The third-order valence-corrected chi connectivity index (χ3v) is 3.93. The molecule has 0 aromatic rings. The van der Waals surface area contributed by atoms with Crippen LogP contribution in [0, 0.1) is 0 Å². The van der Waals surface area contributed by atoms with E-state index < -0.39 is 0 Å². The number of carbonyl (C=O) groups is 1. The molecule has 1 atom stereocenters. The Balaban J connectivity index is 2.50. The van der Waals surface area contributed by atoms with Gasteiger partial charge in [0.1, 0.15) is 0 Å². The zero-order valence-electron chi connectivity index (χ0n) is 12.8. The highest BCUT2D eigenvalue weighted by Gasteiger charge is 2.32. The van der Waals surface area contributed by atoms with Crippen LogP contribution < -0.4 is 10.6 Å². The molecule has 1 rings (SSSR count). The molecule has 0 aliphatic carbocycles. The summed E-state index contributed by atoms with van der Waals surface area (Å²) in [6.07, 6.45) is 2.19. The van der Waals surface area contributed by atoms with E-state index in [-0.39, 0.29) is 23.0 Å². The van der Waals surface area contributed by atoms with Crippen molar-refractivity contribution in [2.75, 3.05) is 20.1 Å². The maximum absolute atomic E-state index is 12.1. The van der Waals surface area contributed by atoms with Crippen LogP contribution in [0.1, 0.15) is 47.5 Å². The van der Waals surface area contributed by atoms with Crippen molar-refractivity contribution in [3.8, 4) is 0 Å². The molecule has 1 unspecified atom stereocenters. The van der Waals surface area contributed by atoms with E-state index in [4.69, 9.17) is 0 Å². The molecule has 2 N–H and O–H groups in total. The number of hydrogen-bond donors (Lipinski definition) is 2. The average molecular weight is 255 g/mol. The Labute approximate surface area is 111 Å². The summed E-state index contributed by atoms with van der Waals surface area (Å²) in [4.78, 5) is 14.4. The van der Waals surface area contributed by atoms with Crippen molar-refractivity contribution in [3.63, 3.8) is 0 Å². The van der Waals surface area contributed by atoms with E-state index in [1.165, 1.54) is 0 Å². The number of carbonyl (C=O) groups excluding carboxylic acids is 1. The molecule has 0 bridgehead atoms. The minimum Gasteiger partial charge on any atom is -0.350 e. The van der Waals surface area contributed by atoms with Crippen molar-refractivity contribution in [1.82, 2.24) is 15.5 Å². The summed E-state index contributed by atoms with van der Waals surface area (Å²) in [7, 11) is 2.02. The van der Waals surface area contributed by atoms with Gasteiger partial charge in [0.2, 0.25) is 5.91 Å². The van der Waals surface area contributed by atoms with Gasteiger partial charge in [-0.3, -0.25) is 9.69 Å². The molecular weight excluding hydrogens is 226 g/mol. The summed E-state index contributed by atoms with van der Waals surface area (Å²) in [5, 5.41) is 6.43. The predicted molar refractivity (Wildman–Crippen MR) is 75.6 cm³/mol. The fourth-order valence-corrected chi connectivity index (χ4v) is 2.29. The monoisotopic (exact) mass is 255 g/mol. The molecular formula is C14H29N3O. The smallest absolute Gasteiger partial charge is 0.237 e. The van der Waals surface area contributed by atoms with Gasteiger partial charge >= 0.3 is 0 Å². The molecule has 18 heavy (non-hydrogen) atoms. The number of nitrogens with one attached hydrogen (secondary N) is 2. The summed E-state index contributed by atoms with van der Waals surface area (Å²) in [6, 6.07) is -0.0365. The van der Waals surface area contributed by atoms with Gasteiger partial charge in [-0.1, -0.05) is 0 Å². The zero-order chi connectivity index (χ0) is 14.0. The van der Waals surface area contributed by atoms with Crippen molar-refractivity contribution in [1.29, 1.82) is 0 Å². The van der Waals surface area contributed by atoms with Crippen LogP contribution in [0.15, 0.2) is 0 Å². The Kier molecular flexibility index (Phi) is 4.78. The zero-order valence-corrected chi connectivity index (χ0v) is 12.8. The quantitative estimate of drug-likeness (QED) is 0.800. The van der Waals surface area contributed by atoms with E-state index in [2.05, 4.69) is 22.5 Å². The van der Waals surface area contributed by atoms with E-state index in [9.17, 15) is 4.79 Å². The van der Waals surface area contributed by atoms with Gasteiger partial charge < -0.3 is 10.6 Å². The molecule has 1 fully saturated rings. The number of likely N-dealkylation sites (tertiary alicyclic amines) is 1. The van der Waals surface area contributed by atoms with Crippen LogP contribution in [-0.4, -0.2) is 48.1 Å². The van der Waals surface area contributed by atoms with Gasteiger partial charge in [0.25, 0.3) is 0 Å². The molecule has 1 heterocycles. The number of amides is 1. The summed E-state index contributed by atoms with van der Waals surface area (Å²) < 4.78 is 0. The van der Waals surface area contributed by atoms with Crippen LogP contribution in [0.4, 0.5) is 0 Å². The Bertz CT molecular complexity index is 288. The molecule has 0 spiro atoms. The van der Waals surface area contributed by atoms with Gasteiger partial charge in [-0.15, -0.1) is 0 Å². The van der Waals surface area contributed by atoms with E-state index in [0.29, 0.717) is 0 Å². The second-order valence-electron chi connectivity index (χ2n) is 6.76. The number of piperidine rings is 1. The van der Waals surface area contributed by atoms with Crippen LogP contribution in [0.3, 0.4) is 0 Å². The van der Waals surface area contributed by atoms with Gasteiger partial charge in [-0.25, -0.2) is 0 Å². The van der Waals surface area contributed by atoms with Crippen LogP contribution >= 0.6 is 0 Å². The molecule has 0 aromatic heterocycles. The van der Waals surface area contributed by atoms with Crippen molar-refractivity contribution in [2.24, 2.45) is 0 Å². The van der Waals surface area contributed by atoms with E-state index in [1.807, 2.05) is 34.7 Å². The summed E-state index contributed by atoms with van der Waals surface area (Å²) in [5.41, 5.74) is 0.0807. The molecule has 0 radical (unpaired) electrons. The average Bonchev–Trinajstić information content (AvgIpc) is 2.27. The maximum atomic E-state index is 12.1. The van der Waals surface area contributed by atoms with Gasteiger partial charge in [-0.2, -0.15) is 0 Å². The minimum absolute atomic E-state index is 0.0365. The lowest BCUT2D eigenvalue weighted by molar-refractivity contribution is -0.128. The lowest BCUT2D eigenvalue weighted by atomic mass is 9.89. The molecule has 1 aliphatic rings. The summed E-state index contributed by atoms with van der Waals surface area (Å²) in [5.74, 6) is 0.135. The normalized spacial score (nSPS) is 22.6. The van der Waals surface area contributed by atoms with E-state index >= 15 is 0 Å². The third-order valence-electron chi connectivity index (χ3n) is 3.93. The first-order valence-corrected chi connectivity index (χ1v) is 6.92. The first-order valence-electron chi connectivity index (χ1n) is 6.92. The first-order chi connectivity index (χ1) is 8.17. The molecule has 4 heteroatoms. The Morgan fingerprint density at radius 1 is 1.28 bits per heavy atom. The molecule has 1 saturated heterocycles. The van der Waals surface area contributed by atoms with Gasteiger partial charge in [-0.05, 0) is 54.5 Å². The highest BCUT2D eigenvalue weighted by molar-refractivity contribution is 5.81. The number of hydrogen-bond acceptors (Lipinski definition) is 3. The van der Waals surface area contributed by atoms with E-state index in [0.717, 1.165) is 25.9 Å². The summed E-state index contributed by atoms with van der Waals surface area (Å²) in [6.45, 7) is 12.3. The number of rotatable bonds is 3. The summed E-state index contributed by atoms with van der Waals surface area (Å²) >= 11 is 0. The number of nitrogens with zero attached hydrogens (tertiary/aromatic N) is 1. The standard InChI is InChI=1S/C14H29N3O/c1-11(12(18)16-13(2,3)4)17-9-7-14(5,15-6)8-10-17/h11,15H,7-10H2,1-6H3,(H,16,18). The molecule has 4 nitrogen and oxygen atoms in total. The van der Waals surface area contributed by atoms with E-state index in [1.54, 1.807) is 0 Å². The predicted octanol–water partition coefficient (Wildman–Crippen LogP) is 1.36. The Morgan fingerprint density at radius 2 is 1.78 bits per heavy atom. The fraction of sp³-hybridized carbons (Fsp3) is 0.929. The van der Waals surface area contributed by atoms with Crippen molar-refractivity contribution < 1.29 is 4.79 Å². The van der Waals surface area contributed by atoms with Crippen LogP contribution in [0.5, 0.6) is 0 Å². The fourth-order valence-electron chi connectivity index (χ4n) is 2.29. The molecule has 0 aromatic carbocycles. The van der Waals surface area contributed by atoms with Crippen molar-refractivity contribution >= 4 is 5.91 Å². The third kappa shape index (κ3) is 4.25.